The minimum absolute atomic E-state index is 0.0772. The molecular weight excluding hydrogens is 346 g/mol. The molecule has 0 spiro atoms. The maximum atomic E-state index is 13.1. The first-order chi connectivity index (χ1) is 12.8. The van der Waals surface area contributed by atoms with Crippen molar-refractivity contribution in [2.45, 2.75) is 33.2 Å². The number of hydrogen-bond donors (Lipinski definition) is 0. The average molecular weight is 367 g/mol. The number of benzene rings is 2. The van der Waals surface area contributed by atoms with E-state index in [1.807, 2.05) is 62.4 Å². The van der Waals surface area contributed by atoms with Gasteiger partial charge < -0.3 is 4.74 Å². The summed E-state index contributed by atoms with van der Waals surface area (Å²) in [7, 11) is 0. The van der Waals surface area contributed by atoms with Crippen molar-refractivity contribution in [3.8, 4) is 0 Å². The zero-order valence-corrected chi connectivity index (χ0v) is 15.5. The molecule has 0 radical (unpaired) electrons. The van der Waals surface area contributed by atoms with Gasteiger partial charge in [0.15, 0.2) is 0 Å². The highest BCUT2D eigenvalue weighted by Crippen LogP contribution is 2.27. The Hall–Kier alpha value is -3.28. The van der Waals surface area contributed by atoms with E-state index in [-0.39, 0.29) is 18.6 Å². The fourth-order valence-electron chi connectivity index (χ4n) is 2.89. The second kappa shape index (κ2) is 8.89. The van der Waals surface area contributed by atoms with Gasteiger partial charge in [-0.15, -0.1) is 0 Å². The highest BCUT2D eigenvalue weighted by atomic mass is 16.6. The lowest BCUT2D eigenvalue weighted by atomic mass is 10.0. The fourth-order valence-corrected chi connectivity index (χ4v) is 2.89. The number of esters is 2. The number of amides is 1. The maximum Gasteiger partial charge on any atom is 0.379 e. The number of ether oxygens (including phenoxy) is 1. The minimum atomic E-state index is -1.29. The number of nitrogens with zero attached hydrogens (tertiary/aromatic N) is 1. The molecule has 0 aromatic heterocycles. The van der Waals surface area contributed by atoms with Crippen LogP contribution in [-0.2, 0) is 30.3 Å². The number of hydrogen-bond acceptors (Lipinski definition) is 5. The summed E-state index contributed by atoms with van der Waals surface area (Å²) in [6.45, 7) is 5.13. The zero-order chi connectivity index (χ0) is 20.0. The van der Waals surface area contributed by atoms with Gasteiger partial charge in [0.05, 0.1) is 12.1 Å². The molecule has 0 aliphatic heterocycles. The van der Waals surface area contributed by atoms with Crippen molar-refractivity contribution < 1.29 is 23.9 Å². The van der Waals surface area contributed by atoms with Crippen molar-refractivity contribution in [1.29, 1.82) is 0 Å². The van der Waals surface area contributed by atoms with Gasteiger partial charge in [0.25, 0.3) is 0 Å². The predicted molar refractivity (Wildman–Crippen MR) is 100 cm³/mol. The summed E-state index contributed by atoms with van der Waals surface area (Å²) >= 11 is 0. The van der Waals surface area contributed by atoms with Crippen molar-refractivity contribution in [2.24, 2.45) is 0 Å². The van der Waals surface area contributed by atoms with Crippen LogP contribution in [-0.4, -0.2) is 30.2 Å². The van der Waals surface area contributed by atoms with Crippen LogP contribution in [0.1, 0.15) is 23.6 Å². The van der Waals surface area contributed by atoms with Crippen LogP contribution in [0.2, 0.25) is 0 Å². The summed E-state index contributed by atoms with van der Waals surface area (Å²) in [4.78, 5) is 48.4. The average Bonchev–Trinajstić information content (AvgIpc) is 2.64. The maximum absolute atomic E-state index is 13.1. The van der Waals surface area contributed by atoms with Crippen LogP contribution < -0.4 is 4.90 Å². The van der Waals surface area contributed by atoms with E-state index < -0.39 is 18.0 Å². The second-order valence-electron chi connectivity index (χ2n) is 6.20. The number of carbonyl (C=O) groups excluding carboxylic acids is 4. The predicted octanol–water partition coefficient (Wildman–Crippen LogP) is 2.54. The van der Waals surface area contributed by atoms with Gasteiger partial charge in [-0.25, -0.2) is 9.59 Å². The number of carbonyl (C=O) groups is 4. The number of para-hydroxylation sites is 1. The molecule has 0 aliphatic rings. The largest absolute Gasteiger partial charge is 0.386 e. The molecule has 0 saturated heterocycles. The first kappa shape index (κ1) is 20.0. The van der Waals surface area contributed by atoms with E-state index in [0.29, 0.717) is 5.69 Å². The molecule has 2 aromatic rings. The van der Waals surface area contributed by atoms with Crippen LogP contribution in [0.3, 0.4) is 0 Å². The molecule has 0 N–H and O–H groups in total. The minimum Gasteiger partial charge on any atom is -0.386 e. The topological polar surface area (TPSA) is 80.8 Å². The summed E-state index contributed by atoms with van der Waals surface area (Å²) in [5.74, 6) is -2.57. The standard InChI is InChI=1S/C21H21NO5/c1-14-8-7-9-15(2)20(14)22(16(3)21(26)27-19(25)13-23)18(24)12-17-10-5-4-6-11-17/h4-11,13,16H,12H2,1-3H3. The van der Waals surface area contributed by atoms with E-state index in [1.54, 1.807) is 0 Å². The van der Waals surface area contributed by atoms with Crippen LogP contribution in [0.15, 0.2) is 48.5 Å². The summed E-state index contributed by atoms with van der Waals surface area (Å²) in [5, 5.41) is 0. The summed E-state index contributed by atoms with van der Waals surface area (Å²) < 4.78 is 4.50. The Morgan fingerprint density at radius 1 is 1.00 bits per heavy atom. The van der Waals surface area contributed by atoms with Gasteiger partial charge in [0.2, 0.25) is 12.2 Å². The number of aldehydes is 1. The highest BCUT2D eigenvalue weighted by Gasteiger charge is 2.31. The van der Waals surface area contributed by atoms with Crippen LogP contribution in [0.25, 0.3) is 0 Å². The molecule has 2 aromatic carbocycles. The third-order valence-corrected chi connectivity index (χ3v) is 4.17. The molecule has 1 unspecified atom stereocenters. The second-order valence-corrected chi connectivity index (χ2v) is 6.20. The molecule has 27 heavy (non-hydrogen) atoms. The number of rotatable bonds is 6. The molecule has 0 fully saturated rings. The van der Waals surface area contributed by atoms with E-state index >= 15 is 0 Å². The smallest absolute Gasteiger partial charge is 0.379 e. The van der Waals surface area contributed by atoms with E-state index in [1.165, 1.54) is 11.8 Å². The Morgan fingerprint density at radius 2 is 1.59 bits per heavy atom. The van der Waals surface area contributed by atoms with Gasteiger partial charge in [-0.2, -0.15) is 0 Å². The molecule has 6 nitrogen and oxygen atoms in total. The third kappa shape index (κ3) is 4.88. The van der Waals surface area contributed by atoms with Crippen LogP contribution in [0.5, 0.6) is 0 Å². The number of anilines is 1. The van der Waals surface area contributed by atoms with Gasteiger partial charge in [-0.1, -0.05) is 48.5 Å². The van der Waals surface area contributed by atoms with Gasteiger partial charge >= 0.3 is 11.9 Å². The van der Waals surface area contributed by atoms with E-state index in [0.717, 1.165) is 16.7 Å². The lowest BCUT2D eigenvalue weighted by Gasteiger charge is -2.30. The normalized spacial score (nSPS) is 11.4. The molecule has 140 valence electrons. The van der Waals surface area contributed by atoms with Crippen molar-refractivity contribution in [3.63, 3.8) is 0 Å². The molecule has 0 bridgehead atoms. The van der Waals surface area contributed by atoms with Crippen LogP contribution in [0, 0.1) is 13.8 Å². The lowest BCUT2D eigenvalue weighted by Crippen LogP contribution is -2.46. The Morgan fingerprint density at radius 3 is 2.15 bits per heavy atom. The molecule has 1 amide bonds. The number of aryl methyl sites for hydroxylation is 2. The van der Waals surface area contributed by atoms with E-state index in [2.05, 4.69) is 4.74 Å². The van der Waals surface area contributed by atoms with Gasteiger partial charge in [0, 0.05) is 0 Å². The van der Waals surface area contributed by atoms with Crippen molar-refractivity contribution in [2.75, 3.05) is 4.90 Å². The van der Waals surface area contributed by atoms with Gasteiger partial charge in [-0.3, -0.25) is 14.5 Å². The third-order valence-electron chi connectivity index (χ3n) is 4.17. The molecule has 0 aliphatic carbocycles. The lowest BCUT2D eigenvalue weighted by molar-refractivity contribution is -0.162. The van der Waals surface area contributed by atoms with Crippen LogP contribution >= 0.6 is 0 Å². The van der Waals surface area contributed by atoms with Crippen LogP contribution in [0.4, 0.5) is 5.69 Å². The summed E-state index contributed by atoms with van der Waals surface area (Å²) in [6, 6.07) is 13.6. The van der Waals surface area contributed by atoms with Crippen molar-refractivity contribution in [1.82, 2.24) is 0 Å². The quantitative estimate of drug-likeness (QED) is 0.339. The van der Waals surface area contributed by atoms with Gasteiger partial charge in [0.1, 0.15) is 6.04 Å². The molecule has 0 saturated carbocycles. The fraction of sp³-hybridized carbons (Fsp3) is 0.238. The van der Waals surface area contributed by atoms with E-state index in [4.69, 9.17) is 0 Å². The molecule has 2 rings (SSSR count). The molecule has 0 heterocycles. The first-order valence-corrected chi connectivity index (χ1v) is 8.48. The SMILES string of the molecule is Cc1cccc(C)c1N(C(=O)Cc1ccccc1)C(C)C(=O)OC(=O)C=O. The summed E-state index contributed by atoms with van der Waals surface area (Å²) in [5.41, 5.74) is 2.99. The molecule has 1 atom stereocenters. The van der Waals surface area contributed by atoms with Crippen molar-refractivity contribution >= 4 is 29.8 Å². The highest BCUT2D eigenvalue weighted by molar-refractivity contribution is 6.23. The Bertz CT molecular complexity index is 840. The van der Waals surface area contributed by atoms with Crippen molar-refractivity contribution in [3.05, 3.63) is 65.2 Å². The molecular formula is C21H21NO5. The Balaban J connectivity index is 2.42. The van der Waals surface area contributed by atoms with Gasteiger partial charge in [-0.05, 0) is 37.5 Å². The molecule has 6 heteroatoms. The zero-order valence-electron chi connectivity index (χ0n) is 15.5. The Kier molecular flexibility index (Phi) is 6.60. The monoisotopic (exact) mass is 367 g/mol. The van der Waals surface area contributed by atoms with E-state index in [9.17, 15) is 19.2 Å². The summed E-state index contributed by atoms with van der Waals surface area (Å²) in [6.07, 6.45) is -0.00632. The Labute approximate surface area is 157 Å². The first-order valence-electron chi connectivity index (χ1n) is 8.48.